The number of aliphatic hydroxyl groups is 1. The lowest BCUT2D eigenvalue weighted by Crippen LogP contribution is -2.33. The summed E-state index contributed by atoms with van der Waals surface area (Å²) < 4.78 is 5.49. The molecule has 0 saturated carbocycles. The predicted molar refractivity (Wildman–Crippen MR) is 91.6 cm³/mol. The van der Waals surface area contributed by atoms with Gasteiger partial charge in [-0.15, -0.1) is 10.2 Å². The number of hydrogen-bond acceptors (Lipinski definition) is 5. The van der Waals surface area contributed by atoms with E-state index < -0.39 is 0 Å². The van der Waals surface area contributed by atoms with E-state index in [0.29, 0.717) is 36.9 Å². The van der Waals surface area contributed by atoms with E-state index in [1.54, 1.807) is 19.1 Å². The van der Waals surface area contributed by atoms with Crippen molar-refractivity contribution in [2.24, 2.45) is 5.92 Å². The van der Waals surface area contributed by atoms with Gasteiger partial charge in [0.1, 0.15) is 0 Å². The number of anilines is 1. The van der Waals surface area contributed by atoms with Gasteiger partial charge in [-0.1, -0.05) is 13.8 Å². The number of nitrogens with zero attached hydrogens (tertiary/aromatic N) is 2. The van der Waals surface area contributed by atoms with Gasteiger partial charge in [0.05, 0.1) is 6.10 Å². The summed E-state index contributed by atoms with van der Waals surface area (Å²) in [5.41, 5.74) is 1.48. The fraction of sp³-hybridized carbons (Fsp3) is 0.471. The Morgan fingerprint density at radius 3 is 2.54 bits per heavy atom. The predicted octanol–water partition coefficient (Wildman–Crippen LogP) is 2.83. The molecule has 24 heavy (non-hydrogen) atoms. The first-order chi connectivity index (χ1) is 11.5. The molecule has 0 spiro atoms. The second-order valence-corrected chi connectivity index (χ2v) is 5.96. The molecule has 2 atom stereocenters. The van der Waals surface area contributed by atoms with Crippen LogP contribution in [0.5, 0.6) is 0 Å². The number of aliphatic hydroxyl groups excluding tert-OH is 1. The molecule has 1 aromatic carbocycles. The van der Waals surface area contributed by atoms with Crippen LogP contribution in [0.2, 0.25) is 0 Å². The van der Waals surface area contributed by atoms with Crippen LogP contribution in [0, 0.1) is 5.92 Å². The first-order valence-corrected chi connectivity index (χ1v) is 8.13. The molecule has 0 saturated heterocycles. The number of carbonyl (C=O) groups excluding carboxylic acids is 1. The van der Waals surface area contributed by atoms with Gasteiger partial charge in [0.2, 0.25) is 11.8 Å². The van der Waals surface area contributed by atoms with Gasteiger partial charge >= 0.3 is 6.03 Å². The summed E-state index contributed by atoms with van der Waals surface area (Å²) in [7, 11) is 0. The molecule has 1 heterocycles. The minimum absolute atomic E-state index is 0.211. The first-order valence-electron chi connectivity index (χ1n) is 8.13. The highest BCUT2D eigenvalue weighted by atomic mass is 16.4. The molecule has 1 aromatic heterocycles. The fourth-order valence-corrected chi connectivity index (χ4v) is 2.32. The van der Waals surface area contributed by atoms with Crippen molar-refractivity contribution in [3.63, 3.8) is 0 Å². The Kier molecular flexibility index (Phi) is 6.31. The highest BCUT2D eigenvalue weighted by Crippen LogP contribution is 2.20. The molecule has 0 aliphatic rings. The van der Waals surface area contributed by atoms with Crippen molar-refractivity contribution >= 4 is 11.7 Å². The van der Waals surface area contributed by atoms with Crippen LogP contribution in [0.1, 0.15) is 33.1 Å². The maximum atomic E-state index is 11.9. The molecule has 2 amide bonds. The molecule has 0 aliphatic heterocycles. The number of rotatable bonds is 7. The van der Waals surface area contributed by atoms with E-state index in [1.807, 2.05) is 26.0 Å². The van der Waals surface area contributed by atoms with Crippen LogP contribution in [0.15, 0.2) is 28.7 Å². The normalized spacial score (nSPS) is 13.3. The van der Waals surface area contributed by atoms with Crippen molar-refractivity contribution in [2.75, 3.05) is 11.9 Å². The van der Waals surface area contributed by atoms with E-state index in [2.05, 4.69) is 20.8 Å². The molecular weight excluding hydrogens is 308 g/mol. The SMILES string of the molecule is CCc1nnc(-c2ccc(NC(=O)NCC(C)CC(C)O)cc2)o1. The number of aromatic nitrogens is 2. The summed E-state index contributed by atoms with van der Waals surface area (Å²) in [6.45, 7) is 6.18. The molecule has 0 aliphatic carbocycles. The number of nitrogens with one attached hydrogen (secondary N) is 2. The number of hydrogen-bond donors (Lipinski definition) is 3. The summed E-state index contributed by atoms with van der Waals surface area (Å²) in [4.78, 5) is 11.9. The van der Waals surface area contributed by atoms with Crippen LogP contribution in [-0.4, -0.2) is 34.0 Å². The van der Waals surface area contributed by atoms with E-state index in [4.69, 9.17) is 4.42 Å². The highest BCUT2D eigenvalue weighted by Gasteiger charge is 2.10. The van der Waals surface area contributed by atoms with Crippen molar-refractivity contribution in [3.05, 3.63) is 30.2 Å². The zero-order valence-electron chi connectivity index (χ0n) is 14.2. The zero-order chi connectivity index (χ0) is 17.5. The molecule has 0 fully saturated rings. The Balaban J connectivity index is 1.86. The van der Waals surface area contributed by atoms with Gasteiger partial charge in [0.25, 0.3) is 0 Å². The largest absolute Gasteiger partial charge is 0.421 e. The van der Waals surface area contributed by atoms with Gasteiger partial charge in [-0.05, 0) is 43.5 Å². The molecular formula is C17H24N4O3. The quantitative estimate of drug-likeness (QED) is 0.724. The highest BCUT2D eigenvalue weighted by molar-refractivity contribution is 5.89. The average molecular weight is 332 g/mol. The smallest absolute Gasteiger partial charge is 0.319 e. The lowest BCUT2D eigenvalue weighted by Gasteiger charge is -2.14. The molecule has 2 unspecified atom stereocenters. The standard InChI is InChI=1S/C17H24N4O3/c1-4-15-20-21-16(24-15)13-5-7-14(8-6-13)19-17(23)18-10-11(2)9-12(3)22/h5-8,11-12,22H,4,9-10H2,1-3H3,(H2,18,19,23). The Bertz CT molecular complexity index is 652. The van der Waals surface area contributed by atoms with Gasteiger partial charge < -0.3 is 20.2 Å². The third kappa shape index (κ3) is 5.34. The molecule has 0 radical (unpaired) electrons. The van der Waals surface area contributed by atoms with Crippen LogP contribution in [0.4, 0.5) is 10.5 Å². The topological polar surface area (TPSA) is 100 Å². The third-order valence-corrected chi connectivity index (χ3v) is 3.51. The van der Waals surface area contributed by atoms with Crippen LogP contribution in [0.3, 0.4) is 0 Å². The summed E-state index contributed by atoms with van der Waals surface area (Å²) >= 11 is 0. The first kappa shape index (κ1) is 17.9. The van der Waals surface area contributed by atoms with Gasteiger partial charge in [0.15, 0.2) is 0 Å². The molecule has 2 aromatic rings. The molecule has 7 nitrogen and oxygen atoms in total. The summed E-state index contributed by atoms with van der Waals surface area (Å²) in [5, 5.41) is 22.8. The third-order valence-electron chi connectivity index (χ3n) is 3.51. The Labute approximate surface area is 141 Å². The van der Waals surface area contributed by atoms with E-state index in [-0.39, 0.29) is 18.1 Å². The Hall–Kier alpha value is -2.41. The molecule has 2 rings (SSSR count). The van der Waals surface area contributed by atoms with Crippen molar-refractivity contribution in [3.8, 4) is 11.5 Å². The van der Waals surface area contributed by atoms with Crippen molar-refractivity contribution in [1.82, 2.24) is 15.5 Å². The van der Waals surface area contributed by atoms with Gasteiger partial charge in [-0.2, -0.15) is 0 Å². The van der Waals surface area contributed by atoms with Gasteiger partial charge in [-0.3, -0.25) is 0 Å². The summed E-state index contributed by atoms with van der Waals surface area (Å²) in [5.74, 6) is 1.27. The number of benzene rings is 1. The maximum Gasteiger partial charge on any atom is 0.319 e. The van der Waals surface area contributed by atoms with Crippen molar-refractivity contribution in [2.45, 2.75) is 39.7 Å². The van der Waals surface area contributed by atoms with Crippen molar-refractivity contribution in [1.29, 1.82) is 0 Å². The maximum absolute atomic E-state index is 11.9. The average Bonchev–Trinajstić information content (AvgIpc) is 3.02. The summed E-state index contributed by atoms with van der Waals surface area (Å²) in [6.07, 6.45) is 0.981. The van der Waals surface area contributed by atoms with E-state index in [9.17, 15) is 9.90 Å². The summed E-state index contributed by atoms with van der Waals surface area (Å²) in [6, 6.07) is 6.93. The number of aryl methyl sites for hydroxylation is 1. The second kappa shape index (κ2) is 8.44. The van der Waals surface area contributed by atoms with Crippen LogP contribution >= 0.6 is 0 Å². The van der Waals surface area contributed by atoms with Gasteiger partial charge in [-0.25, -0.2) is 4.79 Å². The molecule has 7 heteroatoms. The van der Waals surface area contributed by atoms with Gasteiger partial charge in [0, 0.05) is 24.2 Å². The number of carbonyl (C=O) groups is 1. The van der Waals surface area contributed by atoms with Crippen LogP contribution in [0.25, 0.3) is 11.5 Å². The van der Waals surface area contributed by atoms with Crippen molar-refractivity contribution < 1.29 is 14.3 Å². The zero-order valence-corrected chi connectivity index (χ0v) is 14.2. The number of amides is 2. The lowest BCUT2D eigenvalue weighted by atomic mass is 10.1. The minimum atomic E-state index is -0.365. The van der Waals surface area contributed by atoms with E-state index >= 15 is 0 Å². The monoisotopic (exact) mass is 332 g/mol. The Morgan fingerprint density at radius 1 is 1.25 bits per heavy atom. The number of urea groups is 1. The molecule has 3 N–H and O–H groups in total. The fourth-order valence-electron chi connectivity index (χ4n) is 2.32. The molecule has 0 bridgehead atoms. The van der Waals surface area contributed by atoms with Crippen LogP contribution < -0.4 is 10.6 Å². The minimum Gasteiger partial charge on any atom is -0.421 e. The lowest BCUT2D eigenvalue weighted by molar-refractivity contribution is 0.163. The molecule has 130 valence electrons. The second-order valence-electron chi connectivity index (χ2n) is 5.96. The van der Waals surface area contributed by atoms with Crippen LogP contribution in [-0.2, 0) is 6.42 Å². The van der Waals surface area contributed by atoms with E-state index in [1.165, 1.54) is 0 Å². The van der Waals surface area contributed by atoms with E-state index in [0.717, 1.165) is 5.56 Å². The Morgan fingerprint density at radius 2 is 1.96 bits per heavy atom.